The molecule has 0 bridgehead atoms. The van der Waals surface area contributed by atoms with Crippen molar-refractivity contribution in [2.45, 2.75) is 13.0 Å². The number of hydrogen-bond donors (Lipinski definition) is 0. The van der Waals surface area contributed by atoms with Crippen LogP contribution in [0.2, 0.25) is 5.02 Å². The van der Waals surface area contributed by atoms with Crippen LogP contribution in [0.15, 0.2) is 12.1 Å². The summed E-state index contributed by atoms with van der Waals surface area (Å²) in [6.45, 7) is 6.25. The molecule has 25 heavy (non-hydrogen) atoms. The number of ether oxygens (including phenoxy) is 2. The molecule has 3 heterocycles. The van der Waals surface area contributed by atoms with Gasteiger partial charge in [-0.1, -0.05) is 29.0 Å². The lowest BCUT2D eigenvalue weighted by molar-refractivity contribution is -0.148. The predicted molar refractivity (Wildman–Crippen MR) is 98.7 cm³/mol. The summed E-state index contributed by atoms with van der Waals surface area (Å²) < 4.78 is 12.1. The number of aryl methyl sites for hydroxylation is 1. The third-order valence-electron chi connectivity index (χ3n) is 4.62. The second-order valence-corrected chi connectivity index (χ2v) is 7.67. The Kier molecular flexibility index (Phi) is 4.82. The molecule has 2 saturated heterocycles. The highest BCUT2D eigenvalue weighted by Crippen LogP contribution is 2.36. The Morgan fingerprint density at radius 1 is 1.28 bits per heavy atom. The first-order valence-electron chi connectivity index (χ1n) is 8.42. The number of amides is 1. The number of fused-ring (bicyclic) bond motifs is 1. The van der Waals surface area contributed by atoms with Crippen molar-refractivity contribution in [1.29, 1.82) is 0 Å². The smallest absolute Gasteiger partial charge is 0.253 e. The largest absolute Gasteiger partial charge is 0.378 e. The first-order valence-corrected chi connectivity index (χ1v) is 9.61. The number of carbonyl (C=O) groups excluding carboxylic acids is 1. The monoisotopic (exact) mass is 381 g/mol. The quantitative estimate of drug-likeness (QED) is 0.799. The van der Waals surface area contributed by atoms with Gasteiger partial charge >= 0.3 is 0 Å². The minimum absolute atomic E-state index is 0.0447. The summed E-state index contributed by atoms with van der Waals surface area (Å²) in [6.07, 6.45) is -0.449. The number of anilines is 1. The van der Waals surface area contributed by atoms with Crippen LogP contribution in [-0.2, 0) is 14.3 Å². The van der Waals surface area contributed by atoms with Crippen LogP contribution in [0.4, 0.5) is 5.13 Å². The molecule has 1 amide bonds. The van der Waals surface area contributed by atoms with Gasteiger partial charge in [0.05, 0.1) is 41.6 Å². The van der Waals surface area contributed by atoms with E-state index in [-0.39, 0.29) is 5.91 Å². The highest BCUT2D eigenvalue weighted by atomic mass is 35.5. The van der Waals surface area contributed by atoms with E-state index in [1.165, 1.54) is 0 Å². The summed E-state index contributed by atoms with van der Waals surface area (Å²) in [7, 11) is 0. The average molecular weight is 382 g/mol. The molecular formula is C17H20ClN3O3S. The normalized spacial score (nSPS) is 21.8. The molecule has 134 valence electrons. The zero-order valence-electron chi connectivity index (χ0n) is 14.0. The molecule has 0 N–H and O–H groups in total. The highest BCUT2D eigenvalue weighted by Gasteiger charge is 2.32. The minimum Gasteiger partial charge on any atom is -0.378 e. The standard InChI is InChI=1S/C17H20ClN3O3S/c1-11-2-3-12(18)15-14(11)19-17(25-15)21-6-9-24-13(10-21)16(22)20-4-7-23-8-5-20/h2-3,13H,4-10H2,1H3. The van der Waals surface area contributed by atoms with Gasteiger partial charge in [-0.3, -0.25) is 4.79 Å². The molecule has 0 radical (unpaired) electrons. The summed E-state index contributed by atoms with van der Waals surface area (Å²) in [6, 6.07) is 3.89. The van der Waals surface area contributed by atoms with Crippen molar-refractivity contribution in [3.63, 3.8) is 0 Å². The van der Waals surface area contributed by atoms with E-state index < -0.39 is 6.10 Å². The van der Waals surface area contributed by atoms with Gasteiger partial charge in [-0.2, -0.15) is 0 Å². The van der Waals surface area contributed by atoms with Crippen molar-refractivity contribution in [2.24, 2.45) is 0 Å². The molecule has 2 aliphatic heterocycles. The Balaban J connectivity index is 1.54. The van der Waals surface area contributed by atoms with Gasteiger partial charge in [0.1, 0.15) is 0 Å². The highest BCUT2D eigenvalue weighted by molar-refractivity contribution is 7.22. The summed E-state index contributed by atoms with van der Waals surface area (Å²) >= 11 is 7.89. The number of hydrogen-bond acceptors (Lipinski definition) is 6. The molecule has 0 spiro atoms. The third kappa shape index (κ3) is 3.33. The van der Waals surface area contributed by atoms with Gasteiger partial charge in [0, 0.05) is 19.6 Å². The third-order valence-corrected chi connectivity index (χ3v) is 6.20. The zero-order valence-corrected chi connectivity index (χ0v) is 15.6. The van der Waals surface area contributed by atoms with Gasteiger partial charge in [-0.15, -0.1) is 0 Å². The average Bonchev–Trinajstić information content (AvgIpc) is 3.12. The number of thiazole rings is 1. The number of aromatic nitrogens is 1. The van der Waals surface area contributed by atoms with E-state index >= 15 is 0 Å². The van der Waals surface area contributed by atoms with Crippen LogP contribution in [0.1, 0.15) is 5.56 Å². The summed E-state index contributed by atoms with van der Waals surface area (Å²) in [5, 5.41) is 1.62. The molecule has 1 atom stereocenters. The summed E-state index contributed by atoms with van der Waals surface area (Å²) in [5.41, 5.74) is 2.05. The van der Waals surface area contributed by atoms with E-state index in [2.05, 4.69) is 4.90 Å². The summed E-state index contributed by atoms with van der Waals surface area (Å²) in [5.74, 6) is 0.0447. The Bertz CT molecular complexity index is 752. The van der Waals surface area contributed by atoms with Crippen LogP contribution in [0.5, 0.6) is 0 Å². The maximum atomic E-state index is 12.7. The van der Waals surface area contributed by atoms with Crippen LogP contribution in [0.3, 0.4) is 0 Å². The number of rotatable bonds is 2. The lowest BCUT2D eigenvalue weighted by atomic mass is 10.2. The van der Waals surface area contributed by atoms with Crippen LogP contribution < -0.4 is 4.90 Å². The molecule has 2 aliphatic rings. The zero-order chi connectivity index (χ0) is 17.4. The van der Waals surface area contributed by atoms with Gasteiger partial charge in [-0.05, 0) is 18.6 Å². The van der Waals surface area contributed by atoms with Crippen molar-refractivity contribution < 1.29 is 14.3 Å². The van der Waals surface area contributed by atoms with Crippen molar-refractivity contribution in [3.8, 4) is 0 Å². The van der Waals surface area contributed by atoms with Gasteiger partial charge in [-0.25, -0.2) is 4.98 Å². The molecule has 4 rings (SSSR count). The van der Waals surface area contributed by atoms with Crippen LogP contribution in [-0.4, -0.2) is 67.9 Å². The Labute approximate surface area is 155 Å². The van der Waals surface area contributed by atoms with Gasteiger partial charge in [0.2, 0.25) is 0 Å². The number of nitrogens with zero attached hydrogens (tertiary/aromatic N) is 3. The minimum atomic E-state index is -0.449. The predicted octanol–water partition coefficient (Wildman–Crippen LogP) is 2.32. The number of carbonyl (C=O) groups is 1. The van der Waals surface area contributed by atoms with Crippen LogP contribution in [0.25, 0.3) is 10.2 Å². The fraction of sp³-hybridized carbons (Fsp3) is 0.529. The number of morpholine rings is 2. The van der Waals surface area contributed by atoms with Gasteiger partial charge < -0.3 is 19.3 Å². The van der Waals surface area contributed by atoms with Crippen LogP contribution in [0, 0.1) is 6.92 Å². The molecule has 1 aromatic carbocycles. The van der Waals surface area contributed by atoms with Crippen molar-refractivity contribution in [2.75, 3.05) is 50.9 Å². The van der Waals surface area contributed by atoms with E-state index in [0.717, 1.165) is 32.5 Å². The summed E-state index contributed by atoms with van der Waals surface area (Å²) in [4.78, 5) is 21.4. The molecule has 2 aromatic rings. The molecule has 0 saturated carbocycles. The lowest BCUT2D eigenvalue weighted by Gasteiger charge is -2.36. The maximum Gasteiger partial charge on any atom is 0.253 e. The second-order valence-electron chi connectivity index (χ2n) is 6.28. The van der Waals surface area contributed by atoms with Gasteiger partial charge in [0.15, 0.2) is 11.2 Å². The van der Waals surface area contributed by atoms with E-state index in [4.69, 9.17) is 26.1 Å². The molecule has 8 heteroatoms. The van der Waals surface area contributed by atoms with E-state index in [1.807, 2.05) is 24.0 Å². The molecule has 1 aromatic heterocycles. The topological polar surface area (TPSA) is 54.9 Å². The molecule has 1 unspecified atom stereocenters. The molecule has 2 fully saturated rings. The van der Waals surface area contributed by atoms with Crippen molar-refractivity contribution >= 4 is 44.2 Å². The number of benzene rings is 1. The fourth-order valence-corrected chi connectivity index (χ4v) is 4.54. The Hall–Kier alpha value is -1.41. The number of halogens is 1. The SMILES string of the molecule is Cc1ccc(Cl)c2sc(N3CCOC(C(=O)N4CCOCC4)C3)nc12. The van der Waals surface area contributed by atoms with E-state index in [0.29, 0.717) is 39.5 Å². The van der Waals surface area contributed by atoms with Crippen molar-refractivity contribution in [3.05, 3.63) is 22.7 Å². The first kappa shape index (κ1) is 17.0. The Morgan fingerprint density at radius 3 is 2.84 bits per heavy atom. The lowest BCUT2D eigenvalue weighted by Crippen LogP contribution is -2.53. The van der Waals surface area contributed by atoms with Gasteiger partial charge in [0.25, 0.3) is 5.91 Å². The van der Waals surface area contributed by atoms with Crippen LogP contribution >= 0.6 is 22.9 Å². The Morgan fingerprint density at radius 2 is 2.08 bits per heavy atom. The second kappa shape index (κ2) is 7.07. The fourth-order valence-electron chi connectivity index (χ4n) is 3.19. The molecule has 0 aliphatic carbocycles. The molecular weight excluding hydrogens is 362 g/mol. The first-order chi connectivity index (χ1) is 12.1. The van der Waals surface area contributed by atoms with E-state index in [1.54, 1.807) is 11.3 Å². The van der Waals surface area contributed by atoms with Crippen molar-refractivity contribution in [1.82, 2.24) is 9.88 Å². The van der Waals surface area contributed by atoms with E-state index in [9.17, 15) is 4.79 Å². The molecule has 6 nitrogen and oxygen atoms in total. The maximum absolute atomic E-state index is 12.7.